The van der Waals surface area contributed by atoms with E-state index in [0.29, 0.717) is 5.54 Å². The summed E-state index contributed by atoms with van der Waals surface area (Å²) in [6.45, 7) is 9.38. The number of nitrogens with two attached hydrogens (primary N) is 1. The van der Waals surface area contributed by atoms with E-state index in [-0.39, 0.29) is 0 Å². The summed E-state index contributed by atoms with van der Waals surface area (Å²) in [5, 5.41) is 0. The first-order valence-corrected chi connectivity index (χ1v) is 8.71. The van der Waals surface area contributed by atoms with E-state index in [1.807, 2.05) is 0 Å². The van der Waals surface area contributed by atoms with Crippen LogP contribution in [0.5, 0.6) is 0 Å². The number of rotatable bonds is 4. The average molecular weight is 271 g/mol. The lowest BCUT2D eigenvalue weighted by Gasteiger charge is -2.48. The molecule has 2 aliphatic rings. The lowest BCUT2D eigenvalue weighted by Crippen LogP contribution is -2.60. The van der Waals surface area contributed by atoms with E-state index < -0.39 is 0 Å². The minimum Gasteiger partial charge on any atom is -0.329 e. The van der Waals surface area contributed by atoms with Crippen molar-refractivity contribution in [3.05, 3.63) is 0 Å². The Morgan fingerprint density at radius 3 is 2.56 bits per heavy atom. The topological polar surface area (TPSA) is 32.5 Å². The van der Waals surface area contributed by atoms with Crippen molar-refractivity contribution in [1.82, 2.24) is 9.80 Å². The molecule has 0 bridgehead atoms. The molecule has 2 N–H and O–H groups in total. The summed E-state index contributed by atoms with van der Waals surface area (Å²) < 4.78 is 0. The maximum Gasteiger partial charge on any atom is 0.0356 e. The summed E-state index contributed by atoms with van der Waals surface area (Å²) >= 11 is 2.11. The second kappa shape index (κ2) is 7.13. The van der Waals surface area contributed by atoms with E-state index in [1.165, 1.54) is 69.9 Å². The van der Waals surface area contributed by atoms with Crippen molar-refractivity contribution in [2.24, 2.45) is 5.73 Å². The Kier molecular flexibility index (Phi) is 5.80. The van der Waals surface area contributed by atoms with Crippen LogP contribution in [-0.2, 0) is 0 Å². The van der Waals surface area contributed by atoms with Crippen molar-refractivity contribution < 1.29 is 0 Å². The normalized spacial score (nSPS) is 27.0. The molecular weight excluding hydrogens is 242 g/mol. The fourth-order valence-electron chi connectivity index (χ4n) is 3.38. The number of hydrogen-bond donors (Lipinski definition) is 1. The third kappa shape index (κ3) is 3.41. The molecule has 2 rings (SSSR count). The Labute approximate surface area is 116 Å². The molecule has 0 amide bonds. The third-order valence-electron chi connectivity index (χ3n) is 4.60. The Morgan fingerprint density at radius 1 is 1.11 bits per heavy atom. The highest BCUT2D eigenvalue weighted by molar-refractivity contribution is 7.99. The van der Waals surface area contributed by atoms with Gasteiger partial charge in [0.1, 0.15) is 0 Å². The summed E-state index contributed by atoms with van der Waals surface area (Å²) in [6.07, 6.45) is 5.16. The SMILES string of the molecule is CCCN1CCC(CN)(N2CCCSCC2)CC1. The Hall–Kier alpha value is 0.230. The van der Waals surface area contributed by atoms with Crippen molar-refractivity contribution >= 4 is 11.8 Å². The van der Waals surface area contributed by atoms with Gasteiger partial charge < -0.3 is 10.6 Å². The molecule has 2 fully saturated rings. The molecular formula is C14H29N3S. The van der Waals surface area contributed by atoms with Crippen LogP contribution in [-0.4, -0.2) is 66.1 Å². The molecule has 0 atom stereocenters. The third-order valence-corrected chi connectivity index (χ3v) is 5.65. The molecule has 0 aromatic heterocycles. The van der Waals surface area contributed by atoms with Crippen molar-refractivity contribution in [2.75, 3.05) is 50.8 Å². The van der Waals surface area contributed by atoms with Crippen molar-refractivity contribution in [3.8, 4) is 0 Å². The van der Waals surface area contributed by atoms with Crippen LogP contribution in [0.1, 0.15) is 32.6 Å². The maximum absolute atomic E-state index is 6.17. The van der Waals surface area contributed by atoms with E-state index in [4.69, 9.17) is 5.73 Å². The fourth-order valence-corrected chi connectivity index (χ4v) is 4.27. The van der Waals surface area contributed by atoms with E-state index in [2.05, 4.69) is 28.5 Å². The van der Waals surface area contributed by atoms with Crippen LogP contribution in [0.15, 0.2) is 0 Å². The van der Waals surface area contributed by atoms with E-state index in [0.717, 1.165) is 6.54 Å². The van der Waals surface area contributed by atoms with Gasteiger partial charge in [-0.25, -0.2) is 0 Å². The molecule has 0 radical (unpaired) electrons. The van der Waals surface area contributed by atoms with Gasteiger partial charge in [-0.2, -0.15) is 11.8 Å². The number of hydrogen-bond acceptors (Lipinski definition) is 4. The van der Waals surface area contributed by atoms with Gasteiger partial charge in [0.2, 0.25) is 0 Å². The van der Waals surface area contributed by atoms with Crippen molar-refractivity contribution in [1.29, 1.82) is 0 Å². The zero-order valence-electron chi connectivity index (χ0n) is 11.9. The Balaban J connectivity index is 1.94. The smallest absolute Gasteiger partial charge is 0.0356 e. The van der Waals surface area contributed by atoms with E-state index in [9.17, 15) is 0 Å². The molecule has 2 saturated heterocycles. The molecule has 18 heavy (non-hydrogen) atoms. The van der Waals surface area contributed by atoms with Crippen LogP contribution in [0.2, 0.25) is 0 Å². The van der Waals surface area contributed by atoms with E-state index >= 15 is 0 Å². The van der Waals surface area contributed by atoms with Crippen LogP contribution in [0, 0.1) is 0 Å². The second-order valence-electron chi connectivity index (χ2n) is 5.72. The summed E-state index contributed by atoms with van der Waals surface area (Å²) in [7, 11) is 0. The molecule has 0 aliphatic carbocycles. The summed E-state index contributed by atoms with van der Waals surface area (Å²) in [5.74, 6) is 2.62. The Morgan fingerprint density at radius 2 is 1.89 bits per heavy atom. The first kappa shape index (κ1) is 14.6. The van der Waals surface area contributed by atoms with Crippen molar-refractivity contribution in [3.63, 3.8) is 0 Å². The number of piperidine rings is 1. The van der Waals surface area contributed by atoms with Gasteiger partial charge >= 0.3 is 0 Å². The average Bonchev–Trinajstić information content (AvgIpc) is 2.70. The molecule has 0 aromatic carbocycles. The minimum atomic E-state index is 0.315. The number of likely N-dealkylation sites (tertiary alicyclic amines) is 1. The van der Waals surface area contributed by atoms with Gasteiger partial charge in [0.05, 0.1) is 0 Å². The number of nitrogens with zero attached hydrogens (tertiary/aromatic N) is 2. The molecule has 3 nitrogen and oxygen atoms in total. The zero-order valence-corrected chi connectivity index (χ0v) is 12.7. The lowest BCUT2D eigenvalue weighted by atomic mass is 9.85. The van der Waals surface area contributed by atoms with Gasteiger partial charge in [0.25, 0.3) is 0 Å². The quantitative estimate of drug-likeness (QED) is 0.842. The maximum atomic E-state index is 6.17. The van der Waals surface area contributed by atoms with Crippen LogP contribution in [0.3, 0.4) is 0 Å². The molecule has 2 aliphatic heterocycles. The molecule has 0 saturated carbocycles. The van der Waals surface area contributed by atoms with Gasteiger partial charge in [-0.3, -0.25) is 4.90 Å². The van der Waals surface area contributed by atoms with E-state index in [1.54, 1.807) is 0 Å². The Bertz CT molecular complexity index is 231. The minimum absolute atomic E-state index is 0.315. The predicted octanol–water partition coefficient (Wildman–Crippen LogP) is 1.63. The van der Waals surface area contributed by atoms with Crippen LogP contribution >= 0.6 is 11.8 Å². The van der Waals surface area contributed by atoms with Crippen LogP contribution < -0.4 is 5.73 Å². The van der Waals surface area contributed by atoms with Gasteiger partial charge in [-0.05, 0) is 57.6 Å². The monoisotopic (exact) mass is 271 g/mol. The lowest BCUT2D eigenvalue weighted by molar-refractivity contribution is 0.0320. The number of thioether (sulfide) groups is 1. The van der Waals surface area contributed by atoms with Gasteiger partial charge in [0.15, 0.2) is 0 Å². The second-order valence-corrected chi connectivity index (χ2v) is 6.95. The highest BCUT2D eigenvalue weighted by Gasteiger charge is 2.38. The van der Waals surface area contributed by atoms with Crippen LogP contribution in [0.4, 0.5) is 0 Å². The molecule has 2 heterocycles. The molecule has 0 spiro atoms. The summed E-state index contributed by atoms with van der Waals surface area (Å²) in [6, 6.07) is 0. The molecule has 4 heteroatoms. The summed E-state index contributed by atoms with van der Waals surface area (Å²) in [5.41, 5.74) is 6.49. The molecule has 106 valence electrons. The highest BCUT2D eigenvalue weighted by Crippen LogP contribution is 2.30. The molecule has 0 unspecified atom stereocenters. The predicted molar refractivity (Wildman–Crippen MR) is 81.3 cm³/mol. The van der Waals surface area contributed by atoms with Crippen LogP contribution in [0.25, 0.3) is 0 Å². The molecule has 0 aromatic rings. The van der Waals surface area contributed by atoms with Gasteiger partial charge in [-0.15, -0.1) is 0 Å². The van der Waals surface area contributed by atoms with Gasteiger partial charge in [0, 0.05) is 24.4 Å². The standard InChI is InChI=1S/C14H29N3S/c1-2-6-16-8-4-14(13-15,5-9-16)17-7-3-11-18-12-10-17/h2-13,15H2,1H3. The summed E-state index contributed by atoms with van der Waals surface area (Å²) in [4.78, 5) is 5.33. The first-order valence-electron chi connectivity index (χ1n) is 7.56. The highest BCUT2D eigenvalue weighted by atomic mass is 32.2. The largest absolute Gasteiger partial charge is 0.329 e. The first-order chi connectivity index (χ1) is 8.80. The van der Waals surface area contributed by atoms with Gasteiger partial charge in [-0.1, -0.05) is 6.92 Å². The fraction of sp³-hybridized carbons (Fsp3) is 1.00. The van der Waals surface area contributed by atoms with Crippen molar-refractivity contribution in [2.45, 2.75) is 38.1 Å². The zero-order chi connectivity index (χ0) is 12.8.